The van der Waals surface area contributed by atoms with Crippen LogP contribution in [-0.2, 0) is 4.79 Å². The van der Waals surface area contributed by atoms with Gasteiger partial charge in [-0.25, -0.2) is 4.39 Å². The molecule has 1 N–H and O–H groups in total. The fraction of sp³-hybridized carbons (Fsp3) is 0.435. The molecule has 1 aromatic carbocycles. The smallest absolute Gasteiger partial charge is 0.269 e. The van der Waals surface area contributed by atoms with Crippen LogP contribution < -0.4 is 15.2 Å². The van der Waals surface area contributed by atoms with E-state index in [-0.39, 0.29) is 23.9 Å². The average molecular weight is 471 g/mol. The highest BCUT2D eigenvalue weighted by Gasteiger charge is 2.43. The zero-order valence-electron chi connectivity index (χ0n) is 18.5. The van der Waals surface area contributed by atoms with Crippen molar-refractivity contribution < 1.29 is 14.0 Å². The van der Waals surface area contributed by atoms with Gasteiger partial charge in [-0.3, -0.25) is 24.8 Å². The summed E-state index contributed by atoms with van der Waals surface area (Å²) in [6, 6.07) is 8.70. The first-order chi connectivity index (χ1) is 16.1. The number of thiophene rings is 1. The molecule has 0 saturated carbocycles. The van der Waals surface area contributed by atoms with Gasteiger partial charge >= 0.3 is 0 Å². The highest BCUT2D eigenvalue weighted by atomic mass is 32.1. The first-order valence-corrected chi connectivity index (χ1v) is 12.2. The molecule has 1 atom stereocenters. The standard InChI is InChI=1S/C23H27FN6O2S/c1-2-10-29-22(32)21-18(9-15-33-21)30-19(25-26-23(29)30)7-8-20(31)28-13-11-27(12-14-28)17-6-4-3-5-16(17)24/h3-6,9,15,23,26H,2,7-8,10-14H2,1H3. The summed E-state index contributed by atoms with van der Waals surface area (Å²) in [5, 5.41) is 6.41. The Bertz CT molecular complexity index is 1080. The lowest BCUT2D eigenvalue weighted by Gasteiger charge is -2.39. The maximum atomic E-state index is 14.1. The highest BCUT2D eigenvalue weighted by molar-refractivity contribution is 7.12. The third-order valence-corrected chi connectivity index (χ3v) is 7.23. The largest absolute Gasteiger partial charge is 0.366 e. The van der Waals surface area contributed by atoms with Crippen LogP contribution in [0.2, 0.25) is 0 Å². The lowest BCUT2D eigenvalue weighted by atomic mass is 10.1. The van der Waals surface area contributed by atoms with Crippen LogP contribution in [0.3, 0.4) is 0 Å². The van der Waals surface area contributed by atoms with Crippen molar-refractivity contribution in [3.05, 3.63) is 46.4 Å². The number of nitrogens with one attached hydrogen (secondary N) is 1. The quantitative estimate of drug-likeness (QED) is 0.703. The van der Waals surface area contributed by atoms with Gasteiger partial charge in [0.15, 0.2) is 0 Å². The van der Waals surface area contributed by atoms with Crippen molar-refractivity contribution in [3.63, 3.8) is 0 Å². The van der Waals surface area contributed by atoms with Crippen molar-refractivity contribution in [2.75, 3.05) is 42.5 Å². The number of benzene rings is 1. The number of piperazine rings is 1. The van der Waals surface area contributed by atoms with Crippen LogP contribution in [0.5, 0.6) is 0 Å². The monoisotopic (exact) mass is 470 g/mol. The van der Waals surface area contributed by atoms with E-state index in [9.17, 15) is 14.0 Å². The van der Waals surface area contributed by atoms with Gasteiger partial charge in [0.05, 0.1) is 11.4 Å². The molecule has 33 heavy (non-hydrogen) atoms. The molecule has 5 rings (SSSR count). The molecule has 2 amide bonds. The topological polar surface area (TPSA) is 71.5 Å². The van der Waals surface area contributed by atoms with E-state index in [1.165, 1.54) is 17.4 Å². The first-order valence-electron chi connectivity index (χ1n) is 11.4. The summed E-state index contributed by atoms with van der Waals surface area (Å²) in [5.41, 5.74) is 4.54. The number of carbonyl (C=O) groups excluding carboxylic acids is 2. The van der Waals surface area contributed by atoms with Crippen molar-refractivity contribution in [2.45, 2.75) is 32.5 Å². The highest BCUT2D eigenvalue weighted by Crippen LogP contribution is 2.37. The Labute approximate surface area is 196 Å². The second kappa shape index (κ2) is 9.01. The Morgan fingerprint density at radius 2 is 1.97 bits per heavy atom. The Balaban J connectivity index is 1.20. The predicted molar refractivity (Wildman–Crippen MR) is 127 cm³/mol. The number of halogens is 1. The van der Waals surface area contributed by atoms with E-state index < -0.39 is 0 Å². The van der Waals surface area contributed by atoms with Crippen LogP contribution in [0.4, 0.5) is 15.8 Å². The molecule has 0 bridgehead atoms. The summed E-state index contributed by atoms with van der Waals surface area (Å²) >= 11 is 1.44. The van der Waals surface area contributed by atoms with Gasteiger partial charge in [-0.1, -0.05) is 19.1 Å². The summed E-state index contributed by atoms with van der Waals surface area (Å²) in [5.74, 6) is 0.629. The number of hydrogen-bond acceptors (Lipinski definition) is 7. The van der Waals surface area contributed by atoms with E-state index in [1.54, 1.807) is 17.0 Å². The number of fused-ring (bicyclic) bond motifs is 3. The van der Waals surface area contributed by atoms with Crippen molar-refractivity contribution in [1.82, 2.24) is 15.2 Å². The van der Waals surface area contributed by atoms with Gasteiger partial charge < -0.3 is 9.80 Å². The fourth-order valence-electron chi connectivity index (χ4n) is 4.68. The van der Waals surface area contributed by atoms with E-state index in [1.807, 2.05) is 39.1 Å². The summed E-state index contributed by atoms with van der Waals surface area (Å²) in [7, 11) is 0. The van der Waals surface area contributed by atoms with Crippen LogP contribution in [0.1, 0.15) is 35.9 Å². The van der Waals surface area contributed by atoms with E-state index in [2.05, 4.69) is 10.5 Å². The van der Waals surface area contributed by atoms with Gasteiger partial charge in [-0.15, -0.1) is 11.3 Å². The number of amides is 2. The zero-order valence-corrected chi connectivity index (χ0v) is 19.4. The van der Waals surface area contributed by atoms with Crippen molar-refractivity contribution in [1.29, 1.82) is 0 Å². The van der Waals surface area contributed by atoms with Crippen molar-refractivity contribution in [2.24, 2.45) is 5.10 Å². The Hall–Kier alpha value is -3.14. The van der Waals surface area contributed by atoms with Crippen molar-refractivity contribution >= 4 is 40.4 Å². The van der Waals surface area contributed by atoms with Crippen LogP contribution in [-0.4, -0.2) is 66.5 Å². The molecule has 174 valence electrons. The SMILES string of the molecule is CCCN1C(=O)c2sccc2N2C(CCC(=O)N3CCN(c4ccccc4F)CC3)=NNC12. The Kier molecular flexibility index (Phi) is 5.92. The summed E-state index contributed by atoms with van der Waals surface area (Å²) in [6.45, 7) is 5.03. The second-order valence-corrected chi connectivity index (χ2v) is 9.27. The zero-order chi connectivity index (χ0) is 22.9. The van der Waals surface area contributed by atoms with E-state index in [0.29, 0.717) is 56.1 Å². The number of rotatable bonds is 6. The van der Waals surface area contributed by atoms with Gasteiger partial charge in [0.1, 0.15) is 16.5 Å². The molecule has 1 unspecified atom stereocenters. The molecule has 0 radical (unpaired) electrons. The molecule has 1 saturated heterocycles. The summed E-state index contributed by atoms with van der Waals surface area (Å²) in [4.78, 5) is 34.2. The minimum atomic E-state index is -0.339. The number of hydrazone groups is 1. The summed E-state index contributed by atoms with van der Waals surface area (Å²) in [6.07, 6.45) is 1.34. The Morgan fingerprint density at radius 3 is 2.73 bits per heavy atom. The van der Waals surface area contributed by atoms with E-state index >= 15 is 0 Å². The maximum absolute atomic E-state index is 14.1. The molecule has 0 aliphatic carbocycles. The third kappa shape index (κ3) is 3.92. The average Bonchev–Trinajstić information content (AvgIpc) is 3.48. The number of hydrogen-bond donors (Lipinski definition) is 1. The minimum absolute atomic E-state index is 0.0239. The number of nitrogens with zero attached hydrogens (tertiary/aromatic N) is 5. The van der Waals surface area contributed by atoms with Crippen LogP contribution >= 0.6 is 11.3 Å². The second-order valence-electron chi connectivity index (χ2n) is 8.35. The number of carbonyl (C=O) groups is 2. The molecule has 0 spiro atoms. The van der Waals surface area contributed by atoms with Crippen LogP contribution in [0.15, 0.2) is 40.8 Å². The maximum Gasteiger partial charge on any atom is 0.269 e. The molecule has 2 aromatic rings. The van der Waals surface area contributed by atoms with Gasteiger partial charge in [0.2, 0.25) is 12.2 Å². The predicted octanol–water partition coefficient (Wildman–Crippen LogP) is 2.89. The minimum Gasteiger partial charge on any atom is -0.366 e. The molecule has 3 aliphatic heterocycles. The molecular formula is C23H27FN6O2S. The number of anilines is 2. The van der Waals surface area contributed by atoms with Crippen LogP contribution in [0.25, 0.3) is 0 Å². The number of para-hydroxylation sites is 1. The normalized spacial score (nSPS) is 19.9. The van der Waals surface area contributed by atoms with Crippen LogP contribution in [0, 0.1) is 5.82 Å². The lowest BCUT2D eigenvalue weighted by molar-refractivity contribution is -0.131. The third-order valence-electron chi connectivity index (χ3n) is 6.34. The summed E-state index contributed by atoms with van der Waals surface area (Å²) < 4.78 is 14.1. The first kappa shape index (κ1) is 21.7. The number of amidine groups is 1. The van der Waals surface area contributed by atoms with Gasteiger partial charge in [-0.05, 0) is 30.0 Å². The van der Waals surface area contributed by atoms with Gasteiger partial charge in [0, 0.05) is 45.6 Å². The molecule has 1 fully saturated rings. The molecule has 1 aromatic heterocycles. The van der Waals surface area contributed by atoms with Crippen molar-refractivity contribution in [3.8, 4) is 0 Å². The molecule has 8 nitrogen and oxygen atoms in total. The fourth-order valence-corrected chi connectivity index (χ4v) is 5.52. The van der Waals surface area contributed by atoms with E-state index in [4.69, 9.17) is 0 Å². The molecule has 10 heteroatoms. The molecule has 4 heterocycles. The molecular weight excluding hydrogens is 443 g/mol. The molecule has 3 aliphatic rings. The van der Waals surface area contributed by atoms with Gasteiger partial charge in [0.25, 0.3) is 5.91 Å². The van der Waals surface area contributed by atoms with E-state index in [0.717, 1.165) is 17.9 Å². The lowest BCUT2D eigenvalue weighted by Crippen LogP contribution is -2.58. The Morgan fingerprint density at radius 1 is 1.18 bits per heavy atom. The van der Waals surface area contributed by atoms with Gasteiger partial charge in [-0.2, -0.15) is 5.10 Å².